The molecule has 3 heterocycles. The van der Waals surface area contributed by atoms with Crippen LogP contribution in [0.3, 0.4) is 0 Å². The average Bonchev–Trinajstić information content (AvgIpc) is 3.66. The third kappa shape index (κ3) is 14.4. The Balaban J connectivity index is 1.48. The zero-order valence-electron chi connectivity index (χ0n) is 29.8. The van der Waals surface area contributed by atoms with Crippen LogP contribution in [0.25, 0.3) is 11.2 Å². The molecule has 316 valence electrons. The number of Topliss-reactive ketones (excluding diaryl/α,β-unsaturated/α-hetero) is 1. The van der Waals surface area contributed by atoms with Gasteiger partial charge in [-0.3, -0.25) is 37.3 Å². The van der Waals surface area contributed by atoms with Crippen LogP contribution in [-0.2, 0) is 55.5 Å². The van der Waals surface area contributed by atoms with Gasteiger partial charge in [0.05, 0.1) is 19.5 Å². The van der Waals surface area contributed by atoms with E-state index in [2.05, 4.69) is 34.4 Å². The maximum absolute atomic E-state index is 12.7. The fourth-order valence-corrected chi connectivity index (χ4v) is 8.52. The quantitative estimate of drug-likeness (QED) is 0.0366. The number of carbonyl (C=O) groups is 4. The molecule has 1 aliphatic rings. The standard InChI is InChI=1S/C26H42N7O18P3S2/c1-26(2,20(37)23(38)29-6-4-16(35)28-7-9-56-25(39)14(34)5-8-55-3)11-48-54(45,46)51-53(43,44)47-10-15-19(50-52(40,41)42)18(36)24(49-15)33-13-32-17-21(27)30-12-31-22(17)33/h12-13,15,18-20,24,36-37H,4-11H2,1-3H3,(H,28,35)(H,29,38)(H,43,44)(H,45,46)(H2,27,30,31)(H2,40,41,42). The van der Waals surface area contributed by atoms with E-state index in [1.165, 1.54) is 25.6 Å². The van der Waals surface area contributed by atoms with Gasteiger partial charge in [-0.2, -0.15) is 16.1 Å². The molecule has 0 radical (unpaired) electrons. The first-order valence-electron chi connectivity index (χ1n) is 16.0. The molecular formula is C26H42N7O18P3S2. The zero-order valence-corrected chi connectivity index (χ0v) is 34.1. The van der Waals surface area contributed by atoms with Crippen LogP contribution in [0.5, 0.6) is 0 Å². The Labute approximate surface area is 326 Å². The predicted molar refractivity (Wildman–Crippen MR) is 195 cm³/mol. The van der Waals surface area contributed by atoms with Gasteiger partial charge < -0.3 is 50.9 Å². The molecule has 1 aliphatic heterocycles. The number of aliphatic hydroxyl groups excluding tert-OH is 2. The maximum Gasteiger partial charge on any atom is 0.481 e. The second-order valence-electron chi connectivity index (χ2n) is 12.4. The summed E-state index contributed by atoms with van der Waals surface area (Å²) in [4.78, 5) is 98.9. The van der Waals surface area contributed by atoms with Gasteiger partial charge in [0.25, 0.3) is 5.12 Å². The summed E-state index contributed by atoms with van der Waals surface area (Å²) in [6, 6.07) is 0. The number of rotatable bonds is 23. The minimum Gasteiger partial charge on any atom is -0.386 e. The molecule has 25 nitrogen and oxygen atoms in total. The number of nitrogens with zero attached hydrogens (tertiary/aromatic N) is 4. The second kappa shape index (κ2) is 20.5. The Morgan fingerprint density at radius 3 is 2.36 bits per heavy atom. The number of ether oxygens (including phenoxy) is 1. The van der Waals surface area contributed by atoms with E-state index in [0.29, 0.717) is 5.75 Å². The molecule has 0 saturated carbocycles. The number of nitrogen functional groups attached to an aromatic ring is 1. The number of amides is 2. The van der Waals surface area contributed by atoms with Gasteiger partial charge in [0.1, 0.15) is 36.3 Å². The van der Waals surface area contributed by atoms with Crippen molar-refractivity contribution >= 4 is 86.7 Å². The van der Waals surface area contributed by atoms with Crippen LogP contribution in [0, 0.1) is 5.41 Å². The lowest BCUT2D eigenvalue weighted by Gasteiger charge is -2.30. The molecule has 56 heavy (non-hydrogen) atoms. The number of aromatic nitrogens is 4. The summed E-state index contributed by atoms with van der Waals surface area (Å²) in [7, 11) is -16.4. The Bertz CT molecular complexity index is 1870. The molecule has 2 aromatic rings. The van der Waals surface area contributed by atoms with E-state index in [4.69, 9.17) is 19.5 Å². The summed E-state index contributed by atoms with van der Waals surface area (Å²) < 4.78 is 62.0. The molecule has 0 aliphatic carbocycles. The number of carbonyl (C=O) groups excluding carboxylic acids is 4. The highest BCUT2D eigenvalue weighted by atomic mass is 32.2. The first kappa shape index (κ1) is 48.0. The van der Waals surface area contributed by atoms with Gasteiger partial charge in [-0.05, 0) is 6.26 Å². The van der Waals surface area contributed by atoms with Crippen molar-refractivity contribution in [1.82, 2.24) is 30.2 Å². The third-order valence-corrected chi connectivity index (χ3v) is 12.1. The van der Waals surface area contributed by atoms with Gasteiger partial charge in [-0.15, -0.1) is 0 Å². The molecule has 7 unspecified atom stereocenters. The largest absolute Gasteiger partial charge is 0.481 e. The molecule has 10 N–H and O–H groups in total. The highest BCUT2D eigenvalue weighted by Crippen LogP contribution is 2.61. The summed E-state index contributed by atoms with van der Waals surface area (Å²) in [5.74, 6) is -1.41. The Morgan fingerprint density at radius 2 is 1.70 bits per heavy atom. The molecule has 0 aromatic carbocycles. The molecule has 0 spiro atoms. The van der Waals surface area contributed by atoms with Crippen LogP contribution in [-0.4, -0.2) is 140 Å². The lowest BCUT2D eigenvalue weighted by Crippen LogP contribution is -2.46. The van der Waals surface area contributed by atoms with E-state index in [1.54, 1.807) is 6.26 Å². The second-order valence-corrected chi connectivity index (χ2v) is 18.7. The fourth-order valence-electron chi connectivity index (χ4n) is 4.65. The molecule has 3 rings (SSSR count). The molecule has 2 aromatic heterocycles. The van der Waals surface area contributed by atoms with E-state index in [9.17, 15) is 62.7 Å². The van der Waals surface area contributed by atoms with Crippen molar-refractivity contribution < 1.29 is 85.3 Å². The van der Waals surface area contributed by atoms with Crippen molar-refractivity contribution in [1.29, 1.82) is 0 Å². The van der Waals surface area contributed by atoms with Gasteiger partial charge in [-0.1, -0.05) is 25.6 Å². The molecular weight excluding hydrogens is 855 g/mol. The number of hydrogen-bond acceptors (Lipinski definition) is 20. The number of aliphatic hydroxyl groups is 2. The van der Waals surface area contributed by atoms with Gasteiger partial charge in [0.15, 0.2) is 17.7 Å². The predicted octanol–water partition coefficient (Wildman–Crippen LogP) is -1.01. The SMILES string of the molecule is CSCCC(=O)C(=O)SCCNC(=O)CCNC(=O)C(O)C(C)(C)COP(=O)(O)OP(=O)(O)OCC1OC(n2cnc3c(N)ncnc32)C(O)C1OP(=O)(O)O. The number of fused-ring (bicyclic) bond motifs is 1. The van der Waals surface area contributed by atoms with Gasteiger partial charge in [0, 0.05) is 42.9 Å². The summed E-state index contributed by atoms with van der Waals surface area (Å²) in [5.41, 5.74) is 4.22. The van der Waals surface area contributed by atoms with E-state index in [0.717, 1.165) is 29.0 Å². The van der Waals surface area contributed by atoms with Crippen molar-refractivity contribution in [3.05, 3.63) is 12.7 Å². The van der Waals surface area contributed by atoms with Crippen LogP contribution in [0.4, 0.5) is 5.82 Å². The Kier molecular flexibility index (Phi) is 17.6. The fraction of sp³-hybridized carbons (Fsp3) is 0.654. The molecule has 7 atom stereocenters. The van der Waals surface area contributed by atoms with E-state index >= 15 is 0 Å². The topological polar surface area (TPSA) is 381 Å². The maximum atomic E-state index is 12.7. The number of nitrogens with one attached hydrogen (secondary N) is 2. The lowest BCUT2D eigenvalue weighted by atomic mass is 9.87. The monoisotopic (exact) mass is 897 g/mol. The molecule has 1 fully saturated rings. The van der Waals surface area contributed by atoms with E-state index in [1.807, 2.05) is 0 Å². The molecule has 2 amide bonds. The van der Waals surface area contributed by atoms with Gasteiger partial charge in [0.2, 0.25) is 17.6 Å². The minimum atomic E-state index is -5.58. The smallest absolute Gasteiger partial charge is 0.386 e. The average molecular weight is 898 g/mol. The zero-order chi connectivity index (χ0) is 42.1. The van der Waals surface area contributed by atoms with Crippen molar-refractivity contribution in [2.75, 3.05) is 49.8 Å². The van der Waals surface area contributed by atoms with Crippen molar-refractivity contribution in [2.45, 2.75) is 57.3 Å². The summed E-state index contributed by atoms with van der Waals surface area (Å²) >= 11 is 2.20. The summed E-state index contributed by atoms with van der Waals surface area (Å²) in [6.45, 7) is 0.241. The van der Waals surface area contributed by atoms with Crippen LogP contribution in [0.2, 0.25) is 0 Å². The Morgan fingerprint density at radius 1 is 1.02 bits per heavy atom. The lowest BCUT2D eigenvalue weighted by molar-refractivity contribution is -0.137. The van der Waals surface area contributed by atoms with Crippen LogP contribution in [0.1, 0.15) is 32.9 Å². The number of phosphoric ester groups is 3. The first-order chi connectivity index (χ1) is 26.0. The highest BCUT2D eigenvalue weighted by molar-refractivity contribution is 8.15. The minimum absolute atomic E-state index is 0.0235. The van der Waals surface area contributed by atoms with E-state index < -0.39 is 95.5 Å². The summed E-state index contributed by atoms with van der Waals surface area (Å²) in [6.07, 6.45) is -5.12. The first-order valence-corrected chi connectivity index (χ1v) is 22.9. The molecule has 30 heteroatoms. The highest BCUT2D eigenvalue weighted by Gasteiger charge is 2.50. The summed E-state index contributed by atoms with van der Waals surface area (Å²) in [5, 5.41) is 25.6. The number of nitrogens with two attached hydrogens (primary N) is 1. The van der Waals surface area contributed by atoms with Crippen molar-refractivity contribution in [3.63, 3.8) is 0 Å². The van der Waals surface area contributed by atoms with Crippen LogP contribution < -0.4 is 16.4 Å². The number of phosphoric acid groups is 3. The van der Waals surface area contributed by atoms with Crippen LogP contribution in [0.15, 0.2) is 12.7 Å². The molecule has 0 bridgehead atoms. The normalized spacial score (nSPS) is 21.6. The number of thioether (sulfide) groups is 2. The van der Waals surface area contributed by atoms with Crippen LogP contribution >= 0.6 is 47.0 Å². The molecule has 1 saturated heterocycles. The third-order valence-electron chi connectivity index (χ3n) is 7.50. The Hall–Kier alpha value is -2.42. The van der Waals surface area contributed by atoms with Gasteiger partial charge in [-0.25, -0.2) is 28.6 Å². The van der Waals surface area contributed by atoms with Gasteiger partial charge >= 0.3 is 23.5 Å². The van der Waals surface area contributed by atoms with E-state index in [-0.39, 0.29) is 48.7 Å². The van der Waals surface area contributed by atoms with Crippen molar-refractivity contribution in [2.24, 2.45) is 5.41 Å². The number of imidazole rings is 1. The number of anilines is 1. The number of ketones is 1. The van der Waals surface area contributed by atoms with Crippen molar-refractivity contribution in [3.8, 4) is 0 Å². The number of hydrogen-bond donors (Lipinski definition) is 9.